The molecule has 35 heavy (non-hydrogen) atoms. The second-order valence-electron chi connectivity index (χ2n) is 7.84. The minimum Gasteiger partial charge on any atom is -0.475 e. The number of amides is 1. The van der Waals surface area contributed by atoms with E-state index >= 15 is 0 Å². The van der Waals surface area contributed by atoms with Crippen molar-refractivity contribution in [3.8, 4) is 11.1 Å². The van der Waals surface area contributed by atoms with E-state index in [9.17, 15) is 18.0 Å². The molecule has 12 heteroatoms. The molecule has 4 aromatic heterocycles. The molecule has 5 rings (SSSR count). The number of carboxylic acids is 1. The fourth-order valence-electron chi connectivity index (χ4n) is 3.72. The maximum Gasteiger partial charge on any atom is 0.490 e. The Morgan fingerprint density at radius 1 is 1.14 bits per heavy atom. The van der Waals surface area contributed by atoms with Gasteiger partial charge in [0.2, 0.25) is 0 Å². The van der Waals surface area contributed by atoms with Gasteiger partial charge >= 0.3 is 12.1 Å². The molecule has 1 saturated heterocycles. The molecule has 182 valence electrons. The first-order chi connectivity index (χ1) is 16.7. The smallest absolute Gasteiger partial charge is 0.475 e. The van der Waals surface area contributed by atoms with Crippen LogP contribution in [0.15, 0.2) is 65.9 Å². The number of likely N-dealkylation sites (tertiary alicyclic amines) is 1. The number of carbonyl (C=O) groups excluding carboxylic acids is 1. The highest BCUT2D eigenvalue weighted by Crippen LogP contribution is 2.27. The molecule has 1 amide bonds. The third-order valence-corrected chi connectivity index (χ3v) is 5.43. The van der Waals surface area contributed by atoms with E-state index in [-0.39, 0.29) is 11.8 Å². The monoisotopic (exact) mass is 487 g/mol. The van der Waals surface area contributed by atoms with Crippen molar-refractivity contribution in [2.45, 2.75) is 24.9 Å². The zero-order chi connectivity index (χ0) is 25.0. The summed E-state index contributed by atoms with van der Waals surface area (Å²) in [6, 6.07) is 9.64. The van der Waals surface area contributed by atoms with Crippen LogP contribution in [0.4, 0.5) is 13.2 Å². The third kappa shape index (κ3) is 5.65. The Morgan fingerprint density at radius 3 is 2.60 bits per heavy atom. The molecule has 0 aromatic carbocycles. The maximum absolute atomic E-state index is 12.6. The summed E-state index contributed by atoms with van der Waals surface area (Å²) in [5.41, 5.74) is 3.47. The molecule has 1 fully saturated rings. The van der Waals surface area contributed by atoms with Crippen molar-refractivity contribution in [1.82, 2.24) is 24.5 Å². The number of rotatable bonds is 3. The number of carboxylic acid groups (broad SMARTS) is 1. The van der Waals surface area contributed by atoms with E-state index < -0.39 is 12.1 Å². The van der Waals surface area contributed by atoms with Gasteiger partial charge in [-0.15, -0.1) is 0 Å². The predicted molar refractivity (Wildman–Crippen MR) is 116 cm³/mol. The van der Waals surface area contributed by atoms with E-state index in [1.807, 2.05) is 46.1 Å². The van der Waals surface area contributed by atoms with Crippen LogP contribution < -0.4 is 0 Å². The molecule has 0 radical (unpaired) electrons. The predicted octanol–water partition coefficient (Wildman–Crippen LogP) is 4.04. The van der Waals surface area contributed by atoms with Gasteiger partial charge in [0, 0.05) is 48.7 Å². The number of hydrogen-bond donors (Lipinski definition) is 1. The normalized spacial score (nSPS) is 16.0. The molecule has 1 aliphatic rings. The Morgan fingerprint density at radius 2 is 1.94 bits per heavy atom. The molecule has 1 N–H and O–H groups in total. The number of piperidine rings is 1. The molecule has 0 aliphatic carbocycles. The van der Waals surface area contributed by atoms with E-state index in [2.05, 4.69) is 4.98 Å². The van der Waals surface area contributed by atoms with Crippen LogP contribution in [0.2, 0.25) is 0 Å². The summed E-state index contributed by atoms with van der Waals surface area (Å²) in [5, 5.41) is 11.8. The lowest BCUT2D eigenvalue weighted by Gasteiger charge is -2.31. The minimum absolute atomic E-state index is 0.000998. The molecule has 5 heterocycles. The highest BCUT2D eigenvalue weighted by atomic mass is 19.4. The number of aromatic nitrogens is 4. The van der Waals surface area contributed by atoms with Gasteiger partial charge in [-0.2, -0.15) is 18.3 Å². The lowest BCUT2D eigenvalue weighted by molar-refractivity contribution is -0.192. The molecule has 1 unspecified atom stereocenters. The van der Waals surface area contributed by atoms with E-state index in [4.69, 9.17) is 24.4 Å². The second kappa shape index (κ2) is 9.95. The van der Waals surface area contributed by atoms with E-state index in [0.717, 1.165) is 42.0 Å². The second-order valence-corrected chi connectivity index (χ2v) is 7.84. The quantitative estimate of drug-likeness (QED) is 0.464. The Hall–Kier alpha value is -4.22. The standard InChI is InChI=1S/C21H19N5O2.C2HF3O2/c27-21(18-7-10-28-14-18)25-9-2-4-17(12-25)20-23-19-6-5-16(13-26(19)24-20)15-3-1-8-22-11-15;3-2(4,5)1(6)7/h1,3,5-8,10-11,13-14,17H,2,4,9,12H2;(H,6,7). The van der Waals surface area contributed by atoms with Gasteiger partial charge in [0.15, 0.2) is 11.5 Å². The van der Waals surface area contributed by atoms with Crippen LogP contribution in [-0.4, -0.2) is 60.7 Å². The van der Waals surface area contributed by atoms with Crippen LogP contribution in [0.1, 0.15) is 34.9 Å². The summed E-state index contributed by atoms with van der Waals surface area (Å²) in [6.07, 6.45) is 5.41. The van der Waals surface area contributed by atoms with Crippen LogP contribution in [0.3, 0.4) is 0 Å². The number of hydrogen-bond acceptors (Lipinski definition) is 6. The maximum atomic E-state index is 12.6. The van der Waals surface area contributed by atoms with Gasteiger partial charge in [0.05, 0.1) is 11.8 Å². The molecular weight excluding hydrogens is 467 g/mol. The summed E-state index contributed by atoms with van der Waals surface area (Å²) >= 11 is 0. The molecule has 0 saturated carbocycles. The van der Waals surface area contributed by atoms with E-state index in [0.29, 0.717) is 12.1 Å². The first-order valence-corrected chi connectivity index (χ1v) is 10.6. The number of pyridine rings is 2. The molecule has 4 aromatic rings. The molecule has 0 bridgehead atoms. The van der Waals surface area contributed by atoms with Crippen LogP contribution in [-0.2, 0) is 4.79 Å². The fourth-order valence-corrected chi connectivity index (χ4v) is 3.72. The Labute approximate surface area is 196 Å². The van der Waals surface area contributed by atoms with Crippen LogP contribution in [0, 0.1) is 0 Å². The van der Waals surface area contributed by atoms with E-state index in [1.54, 1.807) is 12.3 Å². The molecular formula is C23H20F3N5O4. The highest BCUT2D eigenvalue weighted by molar-refractivity contribution is 5.93. The van der Waals surface area contributed by atoms with Crippen molar-refractivity contribution in [3.63, 3.8) is 0 Å². The van der Waals surface area contributed by atoms with Crippen LogP contribution in [0.25, 0.3) is 16.8 Å². The fraction of sp³-hybridized carbons (Fsp3) is 0.261. The topological polar surface area (TPSA) is 114 Å². The average Bonchev–Trinajstić information content (AvgIpc) is 3.54. The first kappa shape index (κ1) is 23.9. The zero-order valence-corrected chi connectivity index (χ0v) is 18.2. The summed E-state index contributed by atoms with van der Waals surface area (Å²) in [7, 11) is 0. The average molecular weight is 487 g/mol. The van der Waals surface area contributed by atoms with Gasteiger partial charge in [-0.3, -0.25) is 9.78 Å². The van der Waals surface area contributed by atoms with Gasteiger partial charge in [-0.1, -0.05) is 6.07 Å². The summed E-state index contributed by atoms with van der Waals surface area (Å²) in [4.78, 5) is 32.3. The molecule has 9 nitrogen and oxygen atoms in total. The molecule has 0 spiro atoms. The van der Waals surface area contributed by atoms with E-state index in [1.165, 1.54) is 12.5 Å². The largest absolute Gasteiger partial charge is 0.490 e. The first-order valence-electron chi connectivity index (χ1n) is 10.6. The van der Waals surface area contributed by atoms with Crippen molar-refractivity contribution >= 4 is 17.5 Å². The number of carbonyl (C=O) groups is 2. The lowest BCUT2D eigenvalue weighted by atomic mass is 9.97. The summed E-state index contributed by atoms with van der Waals surface area (Å²) in [6.45, 7) is 1.37. The number of fused-ring (bicyclic) bond motifs is 1. The van der Waals surface area contributed by atoms with Crippen molar-refractivity contribution in [1.29, 1.82) is 0 Å². The van der Waals surface area contributed by atoms with Gasteiger partial charge in [0.1, 0.15) is 6.26 Å². The van der Waals surface area contributed by atoms with Crippen molar-refractivity contribution in [2.24, 2.45) is 0 Å². The van der Waals surface area contributed by atoms with Crippen molar-refractivity contribution in [3.05, 3.63) is 72.8 Å². The lowest BCUT2D eigenvalue weighted by Crippen LogP contribution is -2.39. The SMILES string of the molecule is O=C(O)C(F)(F)F.O=C(c1ccoc1)N1CCCC(c2nc3ccc(-c4cccnc4)cn3n2)C1. The number of furan rings is 1. The number of alkyl halides is 3. The van der Waals surface area contributed by atoms with Crippen LogP contribution in [0.5, 0.6) is 0 Å². The summed E-state index contributed by atoms with van der Waals surface area (Å²) < 4.78 is 38.6. The number of aliphatic carboxylic acids is 1. The number of nitrogens with zero attached hydrogens (tertiary/aromatic N) is 5. The highest BCUT2D eigenvalue weighted by Gasteiger charge is 2.38. The third-order valence-electron chi connectivity index (χ3n) is 5.43. The van der Waals surface area contributed by atoms with Gasteiger partial charge in [0.25, 0.3) is 5.91 Å². The van der Waals surface area contributed by atoms with Gasteiger partial charge < -0.3 is 14.4 Å². The van der Waals surface area contributed by atoms with Crippen molar-refractivity contribution < 1.29 is 32.3 Å². The number of halogens is 3. The van der Waals surface area contributed by atoms with Gasteiger partial charge in [-0.05, 0) is 37.1 Å². The Balaban J connectivity index is 0.000000364. The molecule has 1 atom stereocenters. The van der Waals surface area contributed by atoms with Crippen molar-refractivity contribution in [2.75, 3.05) is 13.1 Å². The van der Waals surface area contributed by atoms with Crippen LogP contribution >= 0.6 is 0 Å². The van der Waals surface area contributed by atoms with Gasteiger partial charge in [-0.25, -0.2) is 14.3 Å². The zero-order valence-electron chi connectivity index (χ0n) is 18.2. The summed E-state index contributed by atoms with van der Waals surface area (Å²) in [5.74, 6) is -1.84. The minimum atomic E-state index is -5.08. The molecule has 1 aliphatic heterocycles. The Bertz CT molecular complexity index is 1310. The Kier molecular flexibility index (Phi) is 6.80.